The molecule has 27 heavy (non-hydrogen) atoms. The monoisotopic (exact) mass is 482 g/mol. The Hall–Kier alpha value is -2.29. The third-order valence-corrected chi connectivity index (χ3v) is 4.06. The van der Waals surface area contributed by atoms with Crippen LogP contribution in [0.4, 0.5) is 5.69 Å². The molecule has 2 aromatic carbocycles. The third-order valence-electron chi connectivity index (χ3n) is 4.06. The Kier molecular flexibility index (Phi) is 9.63. The van der Waals surface area contributed by atoms with Crippen molar-refractivity contribution in [3.05, 3.63) is 59.2 Å². The van der Waals surface area contributed by atoms with Gasteiger partial charge in [-0.1, -0.05) is 32.0 Å². The Bertz CT molecular complexity index is 754. The molecule has 0 saturated heterocycles. The van der Waals surface area contributed by atoms with Crippen molar-refractivity contribution in [2.45, 2.75) is 26.7 Å². The number of aromatic hydroxyl groups is 1. The van der Waals surface area contributed by atoms with Gasteiger partial charge in [0.2, 0.25) is 0 Å². The lowest BCUT2D eigenvalue weighted by atomic mass is 10.0. The number of carbonyl (C=O) groups is 1. The van der Waals surface area contributed by atoms with Gasteiger partial charge in [-0.3, -0.25) is 9.79 Å². The van der Waals surface area contributed by atoms with Gasteiger partial charge in [0.25, 0.3) is 5.91 Å². The number of hydrogen-bond acceptors (Lipinski definition) is 3. The van der Waals surface area contributed by atoms with Crippen molar-refractivity contribution in [3.63, 3.8) is 0 Å². The number of nitrogens with zero attached hydrogens (tertiary/aromatic N) is 1. The molecule has 2 aromatic rings. The van der Waals surface area contributed by atoms with Crippen LogP contribution in [0.2, 0.25) is 0 Å². The maximum atomic E-state index is 12.0. The number of carbonyl (C=O) groups excluding carboxylic acids is 1. The quantitative estimate of drug-likeness (QED) is 0.211. The predicted molar refractivity (Wildman–Crippen MR) is 121 cm³/mol. The average molecular weight is 482 g/mol. The summed E-state index contributed by atoms with van der Waals surface area (Å²) in [5, 5.41) is 15.2. The number of anilines is 1. The number of aliphatic imine (C=N–C) groups is 1. The molecule has 6 nitrogen and oxygen atoms in total. The number of hydrogen-bond donors (Lipinski definition) is 4. The van der Waals surface area contributed by atoms with Gasteiger partial charge in [0.1, 0.15) is 5.75 Å². The number of aryl methyl sites for hydroxylation is 2. The molecule has 0 fully saturated rings. The van der Waals surface area contributed by atoms with Crippen molar-refractivity contribution in [1.82, 2.24) is 5.32 Å². The van der Waals surface area contributed by atoms with Crippen LogP contribution in [-0.2, 0) is 12.8 Å². The minimum absolute atomic E-state index is 0. The zero-order chi connectivity index (χ0) is 18.9. The highest BCUT2D eigenvalue weighted by Gasteiger charge is 2.07. The number of nitrogens with two attached hydrogens (primary N) is 1. The van der Waals surface area contributed by atoms with Gasteiger partial charge in [-0.15, -0.1) is 24.0 Å². The van der Waals surface area contributed by atoms with E-state index in [0.29, 0.717) is 24.6 Å². The molecule has 5 N–H and O–H groups in total. The van der Waals surface area contributed by atoms with Gasteiger partial charge in [0, 0.05) is 17.8 Å². The summed E-state index contributed by atoms with van der Waals surface area (Å²) >= 11 is 0. The van der Waals surface area contributed by atoms with Gasteiger partial charge in [0.15, 0.2) is 5.96 Å². The fourth-order valence-corrected chi connectivity index (χ4v) is 2.63. The maximum Gasteiger partial charge on any atom is 0.251 e. The number of benzene rings is 2. The largest absolute Gasteiger partial charge is 0.508 e. The van der Waals surface area contributed by atoms with Crippen LogP contribution < -0.4 is 16.4 Å². The maximum absolute atomic E-state index is 12.0. The number of rotatable bonds is 7. The first kappa shape index (κ1) is 22.8. The first-order valence-electron chi connectivity index (χ1n) is 8.80. The summed E-state index contributed by atoms with van der Waals surface area (Å²) in [4.78, 5) is 16.2. The highest BCUT2D eigenvalue weighted by molar-refractivity contribution is 14.0. The molecule has 0 atom stereocenters. The van der Waals surface area contributed by atoms with Crippen molar-refractivity contribution in [2.75, 3.05) is 18.4 Å². The van der Waals surface area contributed by atoms with E-state index < -0.39 is 0 Å². The van der Waals surface area contributed by atoms with E-state index in [4.69, 9.17) is 5.73 Å². The molecule has 7 heteroatoms. The standard InChI is InChI=1S/C20H26N4O2.HI/c1-3-14-6-5-7-15(4-2)18(14)24-20(21)23-13-12-22-19(26)16-8-10-17(25)11-9-16;/h5-11,25H,3-4,12-13H2,1-2H3,(H,22,26)(H3,21,23,24);1H. The lowest BCUT2D eigenvalue weighted by molar-refractivity contribution is 0.0955. The highest BCUT2D eigenvalue weighted by Crippen LogP contribution is 2.22. The number of halogens is 1. The number of para-hydroxylation sites is 1. The Morgan fingerprint density at radius 3 is 2.22 bits per heavy atom. The Labute approximate surface area is 177 Å². The highest BCUT2D eigenvalue weighted by atomic mass is 127. The minimum Gasteiger partial charge on any atom is -0.508 e. The molecule has 0 heterocycles. The Morgan fingerprint density at radius 1 is 1.07 bits per heavy atom. The van der Waals surface area contributed by atoms with E-state index in [-0.39, 0.29) is 35.6 Å². The van der Waals surface area contributed by atoms with Gasteiger partial charge in [-0.05, 0) is 48.2 Å². The molecular weight excluding hydrogens is 455 g/mol. The second-order valence-corrected chi connectivity index (χ2v) is 5.85. The summed E-state index contributed by atoms with van der Waals surface area (Å²) in [5.41, 5.74) is 9.90. The van der Waals surface area contributed by atoms with E-state index in [1.54, 1.807) is 12.1 Å². The zero-order valence-electron chi connectivity index (χ0n) is 15.7. The summed E-state index contributed by atoms with van der Waals surface area (Å²) in [6.07, 6.45) is 1.82. The van der Waals surface area contributed by atoms with Gasteiger partial charge in [-0.2, -0.15) is 0 Å². The molecule has 0 aromatic heterocycles. The zero-order valence-corrected chi connectivity index (χ0v) is 18.0. The number of phenolic OH excluding ortho intramolecular Hbond substituents is 1. The Morgan fingerprint density at radius 2 is 1.67 bits per heavy atom. The van der Waals surface area contributed by atoms with Crippen LogP contribution in [0.25, 0.3) is 0 Å². The molecule has 0 aliphatic heterocycles. The second-order valence-electron chi connectivity index (χ2n) is 5.85. The number of nitrogens with one attached hydrogen (secondary N) is 2. The van der Waals surface area contributed by atoms with Crippen molar-refractivity contribution < 1.29 is 9.90 Å². The summed E-state index contributed by atoms with van der Waals surface area (Å²) < 4.78 is 0. The molecule has 0 unspecified atom stereocenters. The van der Waals surface area contributed by atoms with Crippen LogP contribution in [-0.4, -0.2) is 30.1 Å². The first-order valence-corrected chi connectivity index (χ1v) is 8.80. The van der Waals surface area contributed by atoms with Crippen molar-refractivity contribution in [2.24, 2.45) is 10.7 Å². The summed E-state index contributed by atoms with van der Waals surface area (Å²) in [6.45, 7) is 4.95. The van der Waals surface area contributed by atoms with E-state index in [0.717, 1.165) is 18.5 Å². The SMILES string of the molecule is CCc1cccc(CC)c1NC(N)=NCCNC(=O)c1ccc(O)cc1.I. The first-order chi connectivity index (χ1) is 12.5. The third kappa shape index (κ3) is 6.74. The molecule has 0 spiro atoms. The summed E-state index contributed by atoms with van der Waals surface area (Å²) in [7, 11) is 0. The number of amides is 1. The van der Waals surface area contributed by atoms with Crippen LogP contribution in [0.1, 0.15) is 35.3 Å². The molecule has 0 aliphatic carbocycles. The van der Waals surface area contributed by atoms with Crippen LogP contribution in [0.3, 0.4) is 0 Å². The van der Waals surface area contributed by atoms with Crippen molar-refractivity contribution >= 4 is 41.5 Å². The van der Waals surface area contributed by atoms with E-state index in [2.05, 4.69) is 47.7 Å². The van der Waals surface area contributed by atoms with Gasteiger partial charge < -0.3 is 21.5 Å². The van der Waals surface area contributed by atoms with Crippen LogP contribution in [0, 0.1) is 0 Å². The lowest BCUT2D eigenvalue weighted by Gasteiger charge is -2.14. The number of guanidine groups is 1. The van der Waals surface area contributed by atoms with Crippen LogP contribution in [0.5, 0.6) is 5.75 Å². The fourth-order valence-electron chi connectivity index (χ4n) is 2.63. The van der Waals surface area contributed by atoms with Gasteiger partial charge >= 0.3 is 0 Å². The molecule has 146 valence electrons. The van der Waals surface area contributed by atoms with Gasteiger partial charge in [-0.25, -0.2) is 0 Å². The fraction of sp³-hybridized carbons (Fsp3) is 0.300. The van der Waals surface area contributed by atoms with Crippen molar-refractivity contribution in [1.29, 1.82) is 0 Å². The average Bonchev–Trinajstić information content (AvgIpc) is 2.65. The minimum atomic E-state index is -0.212. The number of phenols is 1. The smallest absolute Gasteiger partial charge is 0.251 e. The molecule has 0 radical (unpaired) electrons. The molecule has 2 rings (SSSR count). The van der Waals surface area contributed by atoms with Crippen LogP contribution >= 0.6 is 24.0 Å². The molecule has 0 bridgehead atoms. The van der Waals surface area contributed by atoms with Gasteiger partial charge in [0.05, 0.1) is 6.54 Å². The molecule has 1 amide bonds. The lowest BCUT2D eigenvalue weighted by Crippen LogP contribution is -2.29. The predicted octanol–water partition coefficient (Wildman–Crippen LogP) is 3.29. The second kappa shape index (κ2) is 11.4. The summed E-state index contributed by atoms with van der Waals surface area (Å²) in [5.74, 6) is 0.250. The molecule has 0 aliphatic rings. The van der Waals surface area contributed by atoms with Crippen molar-refractivity contribution in [3.8, 4) is 5.75 Å². The molecular formula is C20H27IN4O2. The topological polar surface area (TPSA) is 99.7 Å². The van der Waals surface area contributed by atoms with E-state index in [1.165, 1.54) is 23.3 Å². The van der Waals surface area contributed by atoms with E-state index >= 15 is 0 Å². The Balaban J connectivity index is 0.00000364. The van der Waals surface area contributed by atoms with Crippen LogP contribution in [0.15, 0.2) is 47.5 Å². The normalized spacial score (nSPS) is 10.8. The molecule has 0 saturated carbocycles. The van der Waals surface area contributed by atoms with E-state index in [1.807, 2.05) is 0 Å². The van der Waals surface area contributed by atoms with E-state index in [9.17, 15) is 9.90 Å². The summed E-state index contributed by atoms with van der Waals surface area (Å²) in [6, 6.07) is 12.3.